The molecule has 2 fully saturated rings. The van der Waals surface area contributed by atoms with Crippen LogP contribution in [0, 0.1) is 11.3 Å². The van der Waals surface area contributed by atoms with Crippen LogP contribution in [0.2, 0.25) is 0 Å². The molecule has 1 aromatic carbocycles. The molecule has 2 saturated heterocycles. The highest BCUT2D eigenvalue weighted by Gasteiger charge is 2.40. The van der Waals surface area contributed by atoms with Crippen LogP contribution in [-0.4, -0.2) is 81.6 Å². The van der Waals surface area contributed by atoms with Crippen molar-refractivity contribution >= 4 is 18.2 Å². The third kappa shape index (κ3) is 7.51. The molecule has 0 aliphatic carbocycles. The van der Waals surface area contributed by atoms with Crippen LogP contribution in [0.25, 0.3) is 0 Å². The van der Waals surface area contributed by atoms with E-state index in [1.165, 1.54) is 0 Å². The van der Waals surface area contributed by atoms with Crippen molar-refractivity contribution < 1.29 is 28.6 Å². The summed E-state index contributed by atoms with van der Waals surface area (Å²) in [4.78, 5) is 39.6. The first-order valence-corrected chi connectivity index (χ1v) is 15.2. The highest BCUT2D eigenvalue weighted by molar-refractivity contribution is 6.02. The van der Waals surface area contributed by atoms with Crippen LogP contribution in [0.4, 0.5) is 0 Å². The number of unbranched alkanes of at least 4 members (excludes halogenated alkanes) is 1. The number of hydrogen-bond acceptors (Lipinski definition) is 8. The molecule has 1 atom stereocenters. The number of amides is 3. The first kappa shape index (κ1) is 34.4. The van der Waals surface area contributed by atoms with Crippen LogP contribution in [0.15, 0.2) is 47.6 Å². The minimum Gasteiger partial charge on any atom is -0.493 e. The maximum Gasteiger partial charge on any atom is 0.254 e. The van der Waals surface area contributed by atoms with E-state index in [1.54, 1.807) is 26.2 Å². The third-order valence-electron chi connectivity index (χ3n) is 8.92. The van der Waals surface area contributed by atoms with E-state index in [9.17, 15) is 19.6 Å². The molecular formula is C34H46N4O6. The molecule has 2 aliphatic rings. The molecule has 238 valence electrons. The maximum atomic E-state index is 13.2. The van der Waals surface area contributed by atoms with Crippen LogP contribution < -0.4 is 19.5 Å². The number of ether oxygens (including phenoxy) is 3. The number of nitriles is 1. The molecular weight excluding hydrogens is 560 g/mol. The van der Waals surface area contributed by atoms with Gasteiger partial charge in [-0.3, -0.25) is 19.7 Å². The largest absolute Gasteiger partial charge is 0.493 e. The predicted octanol–water partition coefficient (Wildman–Crippen LogP) is 4.45. The Labute approximate surface area is 261 Å². The van der Waals surface area contributed by atoms with Gasteiger partial charge in [-0.25, -0.2) is 0 Å². The minimum absolute atomic E-state index is 0.0365. The molecule has 0 spiro atoms. The first-order chi connectivity index (χ1) is 21.2. The number of rotatable bonds is 15. The monoisotopic (exact) mass is 606 g/mol. The summed E-state index contributed by atoms with van der Waals surface area (Å²) in [5.74, 6) is 1.24. The SMILES string of the molecule is C=C/C(CCCCN1CCC(C#N)(c2ccc(OC)c(OC)c2OC)CC1)=C1/CN(C(C)CCC(=O)NC=O)C(=O)/C1=C/C. The number of nitrogens with one attached hydrogen (secondary N) is 1. The molecule has 2 aliphatic heterocycles. The van der Waals surface area contributed by atoms with E-state index in [-0.39, 0.29) is 24.3 Å². The van der Waals surface area contributed by atoms with Crippen molar-refractivity contribution in [3.05, 3.63) is 53.1 Å². The van der Waals surface area contributed by atoms with Gasteiger partial charge in [-0.2, -0.15) is 5.26 Å². The first-order valence-electron chi connectivity index (χ1n) is 15.2. The molecule has 0 bridgehead atoms. The van der Waals surface area contributed by atoms with Gasteiger partial charge in [0, 0.05) is 30.1 Å². The van der Waals surface area contributed by atoms with Crippen molar-refractivity contribution in [2.45, 2.75) is 70.3 Å². The van der Waals surface area contributed by atoms with Gasteiger partial charge in [0.05, 0.1) is 32.8 Å². The number of benzene rings is 1. The van der Waals surface area contributed by atoms with Gasteiger partial charge >= 0.3 is 0 Å². The Balaban J connectivity index is 1.59. The number of methoxy groups -OCH3 is 3. The lowest BCUT2D eigenvalue weighted by atomic mass is 9.73. The standard InChI is InChI=1S/C34H46N4O6/c1-7-25(27-21-38(33(41)26(27)8-2)24(3)12-15-30(40)36-23-39)11-9-10-18-37-19-16-34(22-35,17-20-37)28-13-14-29(42-4)32(44-6)31(28)43-5/h7-8,13-14,23-24H,1,9-12,15-21H2,2-6H3,(H,36,39,40)/b26-8+,27-25+. The van der Waals surface area contributed by atoms with Gasteiger partial charge in [-0.1, -0.05) is 18.7 Å². The van der Waals surface area contributed by atoms with Crippen LogP contribution in [0.3, 0.4) is 0 Å². The van der Waals surface area contributed by atoms with E-state index >= 15 is 0 Å². The number of imide groups is 1. The number of carbonyl (C=O) groups excluding carboxylic acids is 3. The number of likely N-dealkylation sites (tertiary alicyclic amines) is 2. The summed E-state index contributed by atoms with van der Waals surface area (Å²) >= 11 is 0. The fraction of sp³-hybridized carbons (Fsp3) is 0.529. The van der Waals surface area contributed by atoms with Gasteiger partial charge in [0.1, 0.15) is 0 Å². The Morgan fingerprint density at radius 1 is 1.14 bits per heavy atom. The van der Waals surface area contributed by atoms with E-state index in [0.717, 1.165) is 55.6 Å². The zero-order valence-electron chi connectivity index (χ0n) is 26.7. The molecule has 1 aromatic rings. The maximum absolute atomic E-state index is 13.2. The molecule has 0 radical (unpaired) electrons. The lowest BCUT2D eigenvalue weighted by Crippen LogP contribution is -2.42. The Hall–Kier alpha value is -4.10. The molecule has 10 nitrogen and oxygen atoms in total. The molecule has 1 unspecified atom stereocenters. The Kier molecular flexibility index (Phi) is 12.6. The topological polar surface area (TPSA) is 121 Å². The van der Waals surface area contributed by atoms with Crippen molar-refractivity contribution in [3.63, 3.8) is 0 Å². The van der Waals surface area contributed by atoms with Gasteiger partial charge in [0.15, 0.2) is 11.5 Å². The third-order valence-corrected chi connectivity index (χ3v) is 8.92. The van der Waals surface area contributed by atoms with Crippen molar-refractivity contribution in [2.75, 3.05) is 47.5 Å². The molecule has 1 N–H and O–H groups in total. The quantitative estimate of drug-likeness (QED) is 0.177. The van der Waals surface area contributed by atoms with Gasteiger partial charge in [-0.15, -0.1) is 0 Å². The number of piperidine rings is 1. The summed E-state index contributed by atoms with van der Waals surface area (Å²) in [6.07, 6.45) is 8.86. The Morgan fingerprint density at radius 3 is 2.41 bits per heavy atom. The van der Waals surface area contributed by atoms with Crippen molar-refractivity contribution in [3.8, 4) is 23.3 Å². The van der Waals surface area contributed by atoms with Crippen LogP contribution >= 0.6 is 0 Å². The van der Waals surface area contributed by atoms with E-state index in [2.05, 4.69) is 22.9 Å². The van der Waals surface area contributed by atoms with Gasteiger partial charge in [0.25, 0.3) is 5.91 Å². The fourth-order valence-electron chi connectivity index (χ4n) is 6.28. The average Bonchev–Trinajstić information content (AvgIpc) is 3.38. The smallest absolute Gasteiger partial charge is 0.254 e. The van der Waals surface area contributed by atoms with Crippen molar-refractivity contribution in [1.82, 2.24) is 15.1 Å². The van der Waals surface area contributed by atoms with Crippen molar-refractivity contribution in [2.24, 2.45) is 0 Å². The fourth-order valence-corrected chi connectivity index (χ4v) is 6.28. The van der Waals surface area contributed by atoms with E-state index < -0.39 is 5.41 Å². The molecule has 3 amide bonds. The molecule has 0 saturated carbocycles. The van der Waals surface area contributed by atoms with Gasteiger partial charge in [0.2, 0.25) is 18.1 Å². The average molecular weight is 607 g/mol. The lowest BCUT2D eigenvalue weighted by Gasteiger charge is -2.38. The van der Waals surface area contributed by atoms with E-state index in [1.807, 2.05) is 38.1 Å². The Bertz CT molecular complexity index is 1320. The zero-order valence-corrected chi connectivity index (χ0v) is 26.7. The molecule has 2 heterocycles. The molecule has 44 heavy (non-hydrogen) atoms. The van der Waals surface area contributed by atoms with E-state index in [4.69, 9.17) is 14.2 Å². The lowest BCUT2D eigenvalue weighted by molar-refractivity contribution is -0.129. The summed E-state index contributed by atoms with van der Waals surface area (Å²) in [5.41, 5.74) is 2.93. The second-order valence-electron chi connectivity index (χ2n) is 11.3. The van der Waals surface area contributed by atoms with Crippen LogP contribution in [0.1, 0.15) is 64.4 Å². The van der Waals surface area contributed by atoms with Crippen LogP contribution in [-0.2, 0) is 19.8 Å². The normalized spacial score (nSPS) is 19.2. The van der Waals surface area contributed by atoms with Gasteiger partial charge in [-0.05, 0) is 95.3 Å². The number of nitrogens with zero attached hydrogens (tertiary/aromatic N) is 3. The summed E-state index contributed by atoms with van der Waals surface area (Å²) in [7, 11) is 4.74. The second kappa shape index (κ2) is 16.1. The summed E-state index contributed by atoms with van der Waals surface area (Å²) < 4.78 is 16.7. The number of carbonyl (C=O) groups is 3. The minimum atomic E-state index is -0.666. The van der Waals surface area contributed by atoms with Gasteiger partial charge < -0.3 is 24.0 Å². The highest BCUT2D eigenvalue weighted by atomic mass is 16.5. The summed E-state index contributed by atoms with van der Waals surface area (Å²) in [5, 5.41) is 12.5. The van der Waals surface area contributed by atoms with E-state index in [0.29, 0.717) is 55.0 Å². The summed E-state index contributed by atoms with van der Waals surface area (Å²) in [6, 6.07) is 6.20. The summed E-state index contributed by atoms with van der Waals surface area (Å²) in [6.45, 7) is 10.8. The van der Waals surface area contributed by atoms with Crippen LogP contribution in [0.5, 0.6) is 17.2 Å². The molecule has 0 aromatic heterocycles. The second-order valence-corrected chi connectivity index (χ2v) is 11.3. The molecule has 10 heteroatoms. The molecule has 3 rings (SSSR count). The number of allylic oxidation sites excluding steroid dienone is 3. The predicted molar refractivity (Wildman–Crippen MR) is 169 cm³/mol. The number of hydrogen-bond donors (Lipinski definition) is 1. The Morgan fingerprint density at radius 2 is 1.84 bits per heavy atom. The highest BCUT2D eigenvalue weighted by Crippen LogP contribution is 2.47. The zero-order chi connectivity index (χ0) is 32.3. The van der Waals surface area contributed by atoms with Crippen molar-refractivity contribution in [1.29, 1.82) is 5.26 Å².